The third-order valence-electron chi connectivity index (χ3n) is 3.77. The van der Waals surface area contributed by atoms with Gasteiger partial charge in [-0.3, -0.25) is 4.90 Å². The fourth-order valence-corrected chi connectivity index (χ4v) is 3.19. The Bertz CT molecular complexity index is 357. The highest BCUT2D eigenvalue weighted by molar-refractivity contribution is 7.91. The maximum Gasteiger partial charge on any atom is 0.150 e. The highest BCUT2D eigenvalue weighted by atomic mass is 32.2. The molecule has 2 unspecified atom stereocenters. The predicted octanol–water partition coefficient (Wildman–Crippen LogP) is 0.638. The normalized spacial score (nSPS) is 23.7. The van der Waals surface area contributed by atoms with Crippen LogP contribution in [0.4, 0.5) is 0 Å². The second-order valence-electron chi connectivity index (χ2n) is 5.54. The Balaban J connectivity index is 2.35. The fraction of sp³-hybridized carbons (Fsp3) is 1.00. The monoisotopic (exact) mass is 292 g/mol. The summed E-state index contributed by atoms with van der Waals surface area (Å²) >= 11 is 0. The van der Waals surface area contributed by atoms with Gasteiger partial charge in [0.05, 0.1) is 18.5 Å². The molecule has 19 heavy (non-hydrogen) atoms. The van der Waals surface area contributed by atoms with E-state index in [0.717, 1.165) is 13.1 Å². The highest BCUT2D eigenvalue weighted by Gasteiger charge is 2.27. The van der Waals surface area contributed by atoms with Crippen LogP contribution in [0.5, 0.6) is 0 Å². The number of nitrogens with two attached hydrogens (primary N) is 1. The van der Waals surface area contributed by atoms with Crippen molar-refractivity contribution < 1.29 is 13.2 Å². The van der Waals surface area contributed by atoms with Crippen molar-refractivity contribution in [3.8, 4) is 0 Å². The van der Waals surface area contributed by atoms with E-state index >= 15 is 0 Å². The van der Waals surface area contributed by atoms with Crippen molar-refractivity contribution in [3.63, 3.8) is 0 Å². The van der Waals surface area contributed by atoms with E-state index in [1.165, 1.54) is 0 Å². The third kappa shape index (κ3) is 5.77. The zero-order valence-corrected chi connectivity index (χ0v) is 13.2. The molecule has 0 spiro atoms. The summed E-state index contributed by atoms with van der Waals surface area (Å²) in [6.45, 7) is 8.53. The molecule has 1 fully saturated rings. The van der Waals surface area contributed by atoms with E-state index < -0.39 is 9.84 Å². The number of sulfone groups is 1. The largest absolute Gasteiger partial charge is 0.374 e. The van der Waals surface area contributed by atoms with Crippen molar-refractivity contribution >= 4 is 9.84 Å². The third-order valence-corrected chi connectivity index (χ3v) is 5.56. The fourth-order valence-electron chi connectivity index (χ4n) is 2.29. The van der Waals surface area contributed by atoms with Gasteiger partial charge in [-0.05, 0) is 26.7 Å². The lowest BCUT2D eigenvalue weighted by Gasteiger charge is -2.37. The van der Waals surface area contributed by atoms with Crippen molar-refractivity contribution in [2.24, 2.45) is 5.73 Å². The molecule has 1 heterocycles. The van der Waals surface area contributed by atoms with Crippen LogP contribution in [-0.2, 0) is 14.6 Å². The van der Waals surface area contributed by atoms with E-state index in [4.69, 9.17) is 10.5 Å². The topological polar surface area (TPSA) is 72.6 Å². The Morgan fingerprint density at radius 2 is 2.11 bits per heavy atom. The van der Waals surface area contributed by atoms with Gasteiger partial charge in [0.1, 0.15) is 9.84 Å². The van der Waals surface area contributed by atoms with Crippen molar-refractivity contribution in [2.45, 2.75) is 51.8 Å². The summed E-state index contributed by atoms with van der Waals surface area (Å²) in [5, 5.41) is 0. The summed E-state index contributed by atoms with van der Waals surface area (Å²) in [7, 11) is -2.88. The second kappa shape index (κ2) is 7.57. The second-order valence-corrected chi connectivity index (χ2v) is 8.01. The predicted molar refractivity (Wildman–Crippen MR) is 78.0 cm³/mol. The molecule has 1 rings (SSSR count). The van der Waals surface area contributed by atoms with Crippen LogP contribution < -0.4 is 5.73 Å². The molecule has 2 N–H and O–H groups in total. The highest BCUT2D eigenvalue weighted by Crippen LogP contribution is 2.14. The maximum atomic E-state index is 11.4. The molecule has 0 aliphatic carbocycles. The van der Waals surface area contributed by atoms with Crippen LogP contribution >= 0.6 is 0 Å². The maximum absolute atomic E-state index is 11.4. The van der Waals surface area contributed by atoms with E-state index in [0.29, 0.717) is 25.5 Å². The first kappa shape index (κ1) is 16.9. The van der Waals surface area contributed by atoms with Gasteiger partial charge in [0.2, 0.25) is 0 Å². The van der Waals surface area contributed by atoms with Crippen LogP contribution in [0.25, 0.3) is 0 Å². The van der Waals surface area contributed by atoms with Crippen molar-refractivity contribution in [3.05, 3.63) is 0 Å². The molecule has 1 aliphatic heterocycles. The van der Waals surface area contributed by atoms with Gasteiger partial charge in [-0.15, -0.1) is 0 Å². The van der Waals surface area contributed by atoms with E-state index in [2.05, 4.69) is 18.7 Å². The van der Waals surface area contributed by atoms with Gasteiger partial charge >= 0.3 is 0 Å². The number of rotatable bonds is 7. The van der Waals surface area contributed by atoms with Crippen molar-refractivity contribution in [2.75, 3.05) is 31.2 Å². The van der Waals surface area contributed by atoms with Gasteiger partial charge < -0.3 is 10.5 Å². The Morgan fingerprint density at radius 3 is 2.68 bits per heavy atom. The van der Waals surface area contributed by atoms with Crippen molar-refractivity contribution in [1.29, 1.82) is 0 Å². The molecule has 114 valence electrons. The van der Waals surface area contributed by atoms with Gasteiger partial charge in [-0.2, -0.15) is 0 Å². The molecule has 1 saturated heterocycles. The SMILES string of the molecule is CCS(=O)(=O)CCCC(N)C1CN(C(C)C)CCO1. The lowest BCUT2D eigenvalue weighted by atomic mass is 10.0. The molecule has 0 aromatic carbocycles. The molecule has 0 aromatic rings. The van der Waals surface area contributed by atoms with Crippen molar-refractivity contribution in [1.82, 2.24) is 4.90 Å². The first-order valence-corrected chi connectivity index (χ1v) is 8.99. The summed E-state index contributed by atoms with van der Waals surface area (Å²) in [4.78, 5) is 2.36. The van der Waals surface area contributed by atoms with Crippen LogP contribution in [0.15, 0.2) is 0 Å². The zero-order valence-electron chi connectivity index (χ0n) is 12.3. The molecule has 5 nitrogen and oxygen atoms in total. The van der Waals surface area contributed by atoms with Gasteiger partial charge in [0, 0.05) is 30.9 Å². The Kier molecular flexibility index (Phi) is 6.73. The number of hydrogen-bond acceptors (Lipinski definition) is 5. The number of hydrogen-bond donors (Lipinski definition) is 1. The molecule has 0 radical (unpaired) electrons. The number of ether oxygens (including phenoxy) is 1. The molecule has 0 bridgehead atoms. The molecule has 0 saturated carbocycles. The first-order valence-electron chi connectivity index (χ1n) is 7.17. The van der Waals surface area contributed by atoms with Crippen LogP contribution in [0, 0.1) is 0 Å². The minimum atomic E-state index is -2.88. The minimum absolute atomic E-state index is 0.0282. The average molecular weight is 292 g/mol. The smallest absolute Gasteiger partial charge is 0.150 e. The molecule has 0 amide bonds. The van der Waals surface area contributed by atoms with E-state index in [-0.39, 0.29) is 23.7 Å². The molecular formula is C13H28N2O3S. The Morgan fingerprint density at radius 1 is 1.42 bits per heavy atom. The quantitative estimate of drug-likeness (QED) is 0.745. The Hall–Kier alpha value is -0.170. The number of morpholine rings is 1. The molecule has 6 heteroatoms. The molecule has 1 aliphatic rings. The van der Waals surface area contributed by atoms with Crippen LogP contribution in [-0.4, -0.2) is 62.7 Å². The van der Waals surface area contributed by atoms with Gasteiger partial charge in [-0.25, -0.2) is 8.42 Å². The van der Waals surface area contributed by atoms with E-state index in [9.17, 15) is 8.42 Å². The summed E-state index contributed by atoms with van der Waals surface area (Å²) < 4.78 is 28.5. The lowest BCUT2D eigenvalue weighted by molar-refractivity contribution is -0.0507. The van der Waals surface area contributed by atoms with Gasteiger partial charge in [0.25, 0.3) is 0 Å². The summed E-state index contributed by atoms with van der Waals surface area (Å²) in [6.07, 6.45) is 1.36. The number of nitrogens with zero attached hydrogens (tertiary/aromatic N) is 1. The average Bonchev–Trinajstić information content (AvgIpc) is 2.38. The lowest BCUT2D eigenvalue weighted by Crippen LogP contribution is -2.52. The van der Waals surface area contributed by atoms with Gasteiger partial charge in [-0.1, -0.05) is 6.92 Å². The van der Waals surface area contributed by atoms with Crippen LogP contribution in [0.2, 0.25) is 0 Å². The van der Waals surface area contributed by atoms with Crippen LogP contribution in [0.1, 0.15) is 33.6 Å². The standard InChI is InChI=1S/C13H28N2O3S/c1-4-19(16,17)9-5-6-12(14)13-10-15(11(2)3)7-8-18-13/h11-13H,4-10,14H2,1-3H3. The van der Waals surface area contributed by atoms with Crippen LogP contribution in [0.3, 0.4) is 0 Å². The van der Waals surface area contributed by atoms with E-state index in [1.54, 1.807) is 6.92 Å². The summed E-state index contributed by atoms with van der Waals surface area (Å²) in [5.74, 6) is 0.446. The Labute approximate surface area is 117 Å². The zero-order chi connectivity index (χ0) is 14.5. The van der Waals surface area contributed by atoms with Gasteiger partial charge in [0.15, 0.2) is 0 Å². The summed E-state index contributed by atoms with van der Waals surface area (Å²) in [5.41, 5.74) is 6.14. The summed E-state index contributed by atoms with van der Waals surface area (Å²) in [6, 6.07) is 0.424. The minimum Gasteiger partial charge on any atom is -0.374 e. The first-order chi connectivity index (χ1) is 8.85. The van der Waals surface area contributed by atoms with E-state index in [1.807, 2.05) is 0 Å². The molecular weight excluding hydrogens is 264 g/mol. The molecule has 2 atom stereocenters. The molecule has 0 aromatic heterocycles.